The Morgan fingerprint density at radius 1 is 1.30 bits per heavy atom. The van der Waals surface area contributed by atoms with Crippen molar-refractivity contribution < 1.29 is 12.8 Å². The number of halogens is 2. The molecule has 2 aromatic rings. The molecule has 0 spiro atoms. The molecule has 8 heteroatoms. The van der Waals surface area contributed by atoms with E-state index in [0.717, 1.165) is 18.5 Å². The van der Waals surface area contributed by atoms with Gasteiger partial charge in [-0.2, -0.15) is 5.26 Å². The summed E-state index contributed by atoms with van der Waals surface area (Å²) in [7, 11) is -4.03. The van der Waals surface area contributed by atoms with Crippen LogP contribution >= 0.6 is 11.6 Å². The lowest BCUT2D eigenvalue weighted by Crippen LogP contribution is -2.14. The van der Waals surface area contributed by atoms with Gasteiger partial charge < -0.3 is 0 Å². The van der Waals surface area contributed by atoms with E-state index in [1.54, 1.807) is 0 Å². The van der Waals surface area contributed by atoms with E-state index in [-0.39, 0.29) is 21.2 Å². The van der Waals surface area contributed by atoms with Gasteiger partial charge in [-0.25, -0.2) is 12.8 Å². The first-order valence-corrected chi connectivity index (χ1v) is 7.11. The van der Waals surface area contributed by atoms with Crippen molar-refractivity contribution in [3.63, 3.8) is 0 Å². The van der Waals surface area contributed by atoms with E-state index in [0.29, 0.717) is 0 Å². The number of aromatic nitrogens is 1. The number of nitriles is 1. The van der Waals surface area contributed by atoms with Gasteiger partial charge in [0.2, 0.25) is 0 Å². The van der Waals surface area contributed by atoms with Crippen LogP contribution in [0.3, 0.4) is 0 Å². The lowest BCUT2D eigenvalue weighted by Gasteiger charge is -2.09. The number of pyridine rings is 1. The van der Waals surface area contributed by atoms with E-state index in [4.69, 9.17) is 16.9 Å². The van der Waals surface area contributed by atoms with Gasteiger partial charge in [-0.1, -0.05) is 11.6 Å². The maximum atomic E-state index is 13.0. The van der Waals surface area contributed by atoms with Gasteiger partial charge in [0.1, 0.15) is 10.7 Å². The highest BCUT2D eigenvalue weighted by molar-refractivity contribution is 7.92. The van der Waals surface area contributed by atoms with Crippen molar-refractivity contribution in [2.45, 2.75) is 4.90 Å². The Bertz CT molecular complexity index is 803. The molecule has 0 saturated carbocycles. The van der Waals surface area contributed by atoms with Crippen LogP contribution in [0.25, 0.3) is 0 Å². The standard InChI is InChI=1S/C12H7ClFN3O2S/c13-11-2-1-8(5-15)3-12(11)17-20(18,19)10-4-9(14)6-16-7-10/h1-4,6-7,17H. The number of anilines is 1. The Kier molecular flexibility index (Phi) is 3.88. The first kappa shape index (κ1) is 14.2. The zero-order valence-electron chi connectivity index (χ0n) is 9.84. The molecule has 0 amide bonds. The fourth-order valence-electron chi connectivity index (χ4n) is 1.42. The van der Waals surface area contributed by atoms with Crippen LogP contribution in [0.1, 0.15) is 5.56 Å². The van der Waals surface area contributed by atoms with Crippen LogP contribution < -0.4 is 4.72 Å². The zero-order valence-corrected chi connectivity index (χ0v) is 11.4. The maximum absolute atomic E-state index is 13.0. The van der Waals surface area contributed by atoms with E-state index in [1.807, 2.05) is 6.07 Å². The van der Waals surface area contributed by atoms with Gasteiger partial charge >= 0.3 is 0 Å². The average Bonchev–Trinajstić information content (AvgIpc) is 2.41. The summed E-state index contributed by atoms with van der Waals surface area (Å²) in [6, 6.07) is 6.82. The van der Waals surface area contributed by atoms with Crippen LogP contribution in [0.4, 0.5) is 10.1 Å². The zero-order chi connectivity index (χ0) is 14.8. The highest BCUT2D eigenvalue weighted by Gasteiger charge is 2.17. The third kappa shape index (κ3) is 3.04. The second kappa shape index (κ2) is 5.45. The molecule has 102 valence electrons. The van der Waals surface area contributed by atoms with E-state index < -0.39 is 15.8 Å². The molecular formula is C12H7ClFN3O2S. The van der Waals surface area contributed by atoms with Gasteiger partial charge in [-0.05, 0) is 24.3 Å². The van der Waals surface area contributed by atoms with Crippen LogP contribution in [0.5, 0.6) is 0 Å². The molecular weight excluding hydrogens is 305 g/mol. The molecule has 0 aliphatic rings. The third-order valence-corrected chi connectivity index (χ3v) is 3.99. The number of sulfonamides is 1. The van der Waals surface area contributed by atoms with Crippen molar-refractivity contribution in [3.05, 3.63) is 53.1 Å². The molecule has 0 radical (unpaired) electrons. The molecule has 1 heterocycles. The average molecular weight is 312 g/mol. The lowest BCUT2D eigenvalue weighted by molar-refractivity contribution is 0.592. The van der Waals surface area contributed by atoms with Crippen LogP contribution in [0, 0.1) is 17.1 Å². The Hall–Kier alpha value is -2.17. The summed E-state index contributed by atoms with van der Waals surface area (Å²) in [4.78, 5) is 3.13. The largest absolute Gasteiger partial charge is 0.278 e. The van der Waals surface area contributed by atoms with E-state index in [2.05, 4.69) is 9.71 Å². The molecule has 0 aliphatic carbocycles. The smallest absolute Gasteiger partial charge is 0.263 e. The van der Waals surface area contributed by atoms with Gasteiger partial charge in [0.05, 0.1) is 28.5 Å². The predicted octanol–water partition coefficient (Wildman–Crippen LogP) is 2.55. The SMILES string of the molecule is N#Cc1ccc(Cl)c(NS(=O)(=O)c2cncc(F)c2)c1. The first-order chi connectivity index (χ1) is 9.42. The number of benzene rings is 1. The van der Waals surface area contributed by atoms with E-state index in [9.17, 15) is 12.8 Å². The molecule has 0 unspecified atom stereocenters. The molecule has 2 rings (SSSR count). The van der Waals surface area contributed by atoms with Gasteiger partial charge in [-0.3, -0.25) is 9.71 Å². The number of nitrogens with zero attached hydrogens (tertiary/aromatic N) is 2. The Balaban J connectivity index is 2.41. The lowest BCUT2D eigenvalue weighted by atomic mass is 10.2. The van der Waals surface area contributed by atoms with Crippen LogP contribution in [-0.4, -0.2) is 13.4 Å². The Morgan fingerprint density at radius 2 is 2.05 bits per heavy atom. The van der Waals surface area contributed by atoms with E-state index in [1.165, 1.54) is 18.2 Å². The van der Waals surface area contributed by atoms with Gasteiger partial charge in [0.25, 0.3) is 10.0 Å². The van der Waals surface area contributed by atoms with Crippen LogP contribution in [-0.2, 0) is 10.0 Å². The summed E-state index contributed by atoms with van der Waals surface area (Å²) in [6.07, 6.45) is 1.90. The minimum absolute atomic E-state index is 0.0370. The summed E-state index contributed by atoms with van der Waals surface area (Å²) < 4.78 is 39.3. The fourth-order valence-corrected chi connectivity index (χ4v) is 2.68. The number of hydrogen-bond acceptors (Lipinski definition) is 4. The fraction of sp³-hybridized carbons (Fsp3) is 0. The molecule has 1 N–H and O–H groups in total. The third-order valence-electron chi connectivity index (χ3n) is 2.33. The van der Waals surface area contributed by atoms with Crippen LogP contribution in [0.2, 0.25) is 5.02 Å². The van der Waals surface area contributed by atoms with Crippen molar-refractivity contribution in [3.8, 4) is 6.07 Å². The molecule has 1 aromatic heterocycles. The molecule has 5 nitrogen and oxygen atoms in total. The number of nitrogens with one attached hydrogen (secondary N) is 1. The van der Waals surface area contributed by atoms with Gasteiger partial charge in [0.15, 0.2) is 0 Å². The molecule has 0 fully saturated rings. The summed E-state index contributed by atoms with van der Waals surface area (Å²) in [5.74, 6) is -0.773. The summed E-state index contributed by atoms with van der Waals surface area (Å²) >= 11 is 5.85. The summed E-state index contributed by atoms with van der Waals surface area (Å²) in [6.45, 7) is 0. The second-order valence-electron chi connectivity index (χ2n) is 3.75. The normalized spacial score (nSPS) is 10.8. The maximum Gasteiger partial charge on any atom is 0.263 e. The molecule has 20 heavy (non-hydrogen) atoms. The Labute approximate surface area is 119 Å². The highest BCUT2D eigenvalue weighted by Crippen LogP contribution is 2.25. The predicted molar refractivity (Wildman–Crippen MR) is 71.2 cm³/mol. The molecule has 0 aliphatic heterocycles. The number of rotatable bonds is 3. The van der Waals surface area contributed by atoms with E-state index >= 15 is 0 Å². The van der Waals surface area contributed by atoms with Gasteiger partial charge in [-0.15, -0.1) is 0 Å². The summed E-state index contributed by atoms with van der Waals surface area (Å²) in [5, 5.41) is 8.90. The van der Waals surface area contributed by atoms with Crippen molar-refractivity contribution in [1.82, 2.24) is 4.98 Å². The van der Waals surface area contributed by atoms with Crippen molar-refractivity contribution in [2.75, 3.05) is 4.72 Å². The quantitative estimate of drug-likeness (QED) is 0.944. The highest BCUT2D eigenvalue weighted by atomic mass is 35.5. The van der Waals surface area contributed by atoms with Crippen LogP contribution in [0.15, 0.2) is 41.6 Å². The monoisotopic (exact) mass is 311 g/mol. The Morgan fingerprint density at radius 3 is 2.70 bits per heavy atom. The summed E-state index contributed by atoms with van der Waals surface area (Å²) in [5.41, 5.74) is 0.277. The molecule has 0 atom stereocenters. The molecule has 1 aromatic carbocycles. The number of hydrogen-bond donors (Lipinski definition) is 1. The van der Waals surface area contributed by atoms with Crippen molar-refractivity contribution in [2.24, 2.45) is 0 Å². The van der Waals surface area contributed by atoms with Crippen molar-refractivity contribution >= 4 is 27.3 Å². The molecule has 0 bridgehead atoms. The topological polar surface area (TPSA) is 82.9 Å². The minimum atomic E-state index is -4.03. The van der Waals surface area contributed by atoms with Crippen molar-refractivity contribution in [1.29, 1.82) is 5.26 Å². The minimum Gasteiger partial charge on any atom is -0.278 e. The first-order valence-electron chi connectivity index (χ1n) is 5.25. The van der Waals surface area contributed by atoms with Gasteiger partial charge in [0, 0.05) is 6.20 Å². The molecule has 0 saturated heterocycles. The second-order valence-corrected chi connectivity index (χ2v) is 5.84.